The molecule has 5 N–H and O–H groups in total. The first-order valence-corrected chi connectivity index (χ1v) is 7.86. The number of nitrogens with one attached hydrogen (secondary N) is 3. The first-order chi connectivity index (χ1) is 11.1. The molecule has 1 aliphatic rings. The van der Waals surface area contributed by atoms with Crippen LogP contribution < -0.4 is 21.7 Å². The number of nitrogens with two attached hydrogens (primary N) is 1. The van der Waals surface area contributed by atoms with Gasteiger partial charge in [0.1, 0.15) is 0 Å². The summed E-state index contributed by atoms with van der Waals surface area (Å²) in [5, 5.41) is 8.30. The second-order valence-corrected chi connectivity index (χ2v) is 5.67. The Morgan fingerprint density at radius 3 is 2.48 bits per heavy atom. The quantitative estimate of drug-likeness (QED) is 0.637. The first kappa shape index (κ1) is 17.2. The number of hydrogen-bond acceptors (Lipinski definition) is 4. The van der Waals surface area contributed by atoms with Crippen molar-refractivity contribution in [2.75, 3.05) is 30.3 Å². The van der Waals surface area contributed by atoms with Gasteiger partial charge in [-0.25, -0.2) is 4.79 Å². The summed E-state index contributed by atoms with van der Waals surface area (Å²) in [6.45, 7) is 3.35. The fourth-order valence-electron chi connectivity index (χ4n) is 2.20. The lowest BCUT2D eigenvalue weighted by Crippen LogP contribution is -2.35. The van der Waals surface area contributed by atoms with Crippen molar-refractivity contribution >= 4 is 23.3 Å². The third-order valence-corrected chi connectivity index (χ3v) is 3.73. The Balaban J connectivity index is 1.77. The van der Waals surface area contributed by atoms with Gasteiger partial charge >= 0.3 is 6.03 Å². The van der Waals surface area contributed by atoms with Crippen LogP contribution in [0, 0.1) is 5.92 Å². The molecule has 0 spiro atoms. The van der Waals surface area contributed by atoms with Crippen LogP contribution in [0.4, 0.5) is 16.2 Å². The molecule has 0 aromatic heterocycles. The summed E-state index contributed by atoms with van der Waals surface area (Å²) >= 11 is 0. The van der Waals surface area contributed by atoms with Gasteiger partial charge in [-0.15, -0.1) is 0 Å². The Labute approximate surface area is 136 Å². The fourth-order valence-corrected chi connectivity index (χ4v) is 2.20. The number of carbonyl (C=O) groups excluding carboxylic acids is 2. The number of carbonyl (C=O) groups is 2. The molecule has 1 fully saturated rings. The van der Waals surface area contributed by atoms with Gasteiger partial charge in [-0.3, -0.25) is 4.79 Å². The summed E-state index contributed by atoms with van der Waals surface area (Å²) < 4.78 is 5.44. The lowest BCUT2D eigenvalue weighted by atomic mass is 10.1. The van der Waals surface area contributed by atoms with E-state index in [2.05, 4.69) is 16.0 Å². The molecular formula is C16H24N4O3. The molecule has 23 heavy (non-hydrogen) atoms. The third kappa shape index (κ3) is 5.54. The van der Waals surface area contributed by atoms with Crippen molar-refractivity contribution in [3.63, 3.8) is 0 Å². The molecule has 0 aliphatic carbocycles. The Morgan fingerprint density at radius 1 is 1.26 bits per heavy atom. The summed E-state index contributed by atoms with van der Waals surface area (Å²) in [6.07, 6.45) is 2.14. The maximum absolute atomic E-state index is 11.8. The SMILES string of the molecule is CC(CN)C(=O)Nc1ccc(NC(=O)NCC2CCCO2)cc1. The molecule has 126 valence electrons. The maximum atomic E-state index is 11.8. The van der Waals surface area contributed by atoms with Crippen LogP contribution in [0.3, 0.4) is 0 Å². The van der Waals surface area contributed by atoms with Crippen molar-refractivity contribution in [3.8, 4) is 0 Å². The van der Waals surface area contributed by atoms with Crippen molar-refractivity contribution in [3.05, 3.63) is 24.3 Å². The molecule has 1 saturated heterocycles. The van der Waals surface area contributed by atoms with Crippen molar-refractivity contribution < 1.29 is 14.3 Å². The van der Waals surface area contributed by atoms with E-state index in [9.17, 15) is 9.59 Å². The molecule has 1 aliphatic heterocycles. The van der Waals surface area contributed by atoms with Crippen molar-refractivity contribution in [1.29, 1.82) is 0 Å². The number of amides is 3. The molecule has 7 nitrogen and oxygen atoms in total. The fraction of sp³-hybridized carbons (Fsp3) is 0.500. The summed E-state index contributed by atoms with van der Waals surface area (Å²) in [6, 6.07) is 6.66. The molecule has 0 saturated carbocycles. The number of anilines is 2. The molecule has 1 aromatic rings. The van der Waals surface area contributed by atoms with Gasteiger partial charge in [-0.05, 0) is 37.1 Å². The zero-order valence-electron chi connectivity index (χ0n) is 13.3. The summed E-state index contributed by atoms with van der Waals surface area (Å²) in [5.41, 5.74) is 6.77. The van der Waals surface area contributed by atoms with Crippen LogP contribution in [0.15, 0.2) is 24.3 Å². The Hall–Kier alpha value is -2.12. The zero-order chi connectivity index (χ0) is 16.7. The highest BCUT2D eigenvalue weighted by atomic mass is 16.5. The number of benzene rings is 1. The Morgan fingerprint density at radius 2 is 1.91 bits per heavy atom. The number of rotatable bonds is 6. The Bertz CT molecular complexity index is 527. The van der Waals surface area contributed by atoms with Gasteiger partial charge in [-0.2, -0.15) is 0 Å². The van der Waals surface area contributed by atoms with Gasteiger partial charge < -0.3 is 26.4 Å². The van der Waals surface area contributed by atoms with Crippen LogP contribution in [0.1, 0.15) is 19.8 Å². The van der Waals surface area contributed by atoms with Crippen LogP contribution in [0.2, 0.25) is 0 Å². The van der Waals surface area contributed by atoms with Gasteiger partial charge in [0.05, 0.1) is 6.10 Å². The molecule has 2 unspecified atom stereocenters. The maximum Gasteiger partial charge on any atom is 0.319 e. The second-order valence-electron chi connectivity index (χ2n) is 5.67. The number of urea groups is 1. The highest BCUT2D eigenvalue weighted by Gasteiger charge is 2.16. The van der Waals surface area contributed by atoms with Crippen molar-refractivity contribution in [2.45, 2.75) is 25.9 Å². The minimum absolute atomic E-state index is 0.114. The molecule has 0 radical (unpaired) electrons. The van der Waals surface area contributed by atoms with Gasteiger partial charge in [0.25, 0.3) is 0 Å². The molecule has 7 heteroatoms. The highest BCUT2D eigenvalue weighted by molar-refractivity contribution is 5.93. The van der Waals surface area contributed by atoms with Crippen LogP contribution in [0.5, 0.6) is 0 Å². The molecule has 1 heterocycles. The third-order valence-electron chi connectivity index (χ3n) is 3.73. The van der Waals surface area contributed by atoms with E-state index in [1.807, 2.05) is 0 Å². The minimum Gasteiger partial charge on any atom is -0.376 e. The second kappa shape index (κ2) is 8.50. The number of ether oxygens (including phenoxy) is 1. The topological polar surface area (TPSA) is 105 Å². The van der Waals surface area contributed by atoms with Crippen LogP contribution in [-0.4, -0.2) is 37.7 Å². The van der Waals surface area contributed by atoms with Gasteiger partial charge in [0.2, 0.25) is 5.91 Å². The van der Waals surface area contributed by atoms with Crippen molar-refractivity contribution in [1.82, 2.24) is 5.32 Å². The van der Waals surface area contributed by atoms with E-state index in [-0.39, 0.29) is 24.0 Å². The van der Waals surface area contributed by atoms with E-state index in [4.69, 9.17) is 10.5 Å². The minimum atomic E-state index is -0.269. The summed E-state index contributed by atoms with van der Waals surface area (Å²) in [7, 11) is 0. The van der Waals surface area contributed by atoms with Crippen LogP contribution >= 0.6 is 0 Å². The lowest BCUT2D eigenvalue weighted by molar-refractivity contribution is -0.119. The van der Waals surface area contributed by atoms with E-state index >= 15 is 0 Å². The molecule has 0 bridgehead atoms. The van der Waals surface area contributed by atoms with E-state index in [0.717, 1.165) is 19.4 Å². The van der Waals surface area contributed by atoms with E-state index in [1.54, 1.807) is 31.2 Å². The monoisotopic (exact) mass is 320 g/mol. The first-order valence-electron chi connectivity index (χ1n) is 7.86. The Kier molecular flexibility index (Phi) is 6.37. The van der Waals surface area contributed by atoms with Gasteiger partial charge in [0.15, 0.2) is 0 Å². The van der Waals surface area contributed by atoms with Gasteiger partial charge in [0, 0.05) is 37.0 Å². The highest BCUT2D eigenvalue weighted by Crippen LogP contribution is 2.14. The predicted molar refractivity (Wildman–Crippen MR) is 89.3 cm³/mol. The van der Waals surface area contributed by atoms with E-state index in [1.165, 1.54) is 0 Å². The molecule has 2 rings (SSSR count). The van der Waals surface area contributed by atoms with E-state index < -0.39 is 0 Å². The zero-order valence-corrected chi connectivity index (χ0v) is 13.3. The smallest absolute Gasteiger partial charge is 0.319 e. The van der Waals surface area contributed by atoms with Crippen molar-refractivity contribution in [2.24, 2.45) is 11.7 Å². The summed E-state index contributed by atoms with van der Waals surface area (Å²) in [4.78, 5) is 23.5. The van der Waals surface area contributed by atoms with Crippen LogP contribution in [-0.2, 0) is 9.53 Å². The predicted octanol–water partition coefficient (Wildman–Crippen LogP) is 1.52. The molecular weight excluding hydrogens is 296 g/mol. The van der Waals surface area contributed by atoms with Gasteiger partial charge in [-0.1, -0.05) is 6.92 Å². The number of hydrogen-bond donors (Lipinski definition) is 4. The normalized spacial score (nSPS) is 18.3. The lowest BCUT2D eigenvalue weighted by Gasteiger charge is -2.13. The largest absolute Gasteiger partial charge is 0.376 e. The van der Waals surface area contributed by atoms with Crippen LogP contribution in [0.25, 0.3) is 0 Å². The molecule has 2 atom stereocenters. The standard InChI is InChI=1S/C16H24N4O3/c1-11(9-17)15(21)19-12-4-6-13(7-5-12)20-16(22)18-10-14-3-2-8-23-14/h4-7,11,14H,2-3,8-10,17H2,1H3,(H,19,21)(H2,18,20,22). The average Bonchev–Trinajstić information content (AvgIpc) is 3.07. The average molecular weight is 320 g/mol. The molecule has 3 amide bonds. The molecule has 1 aromatic carbocycles. The van der Waals surface area contributed by atoms with E-state index in [0.29, 0.717) is 24.5 Å². The summed E-state index contributed by atoms with van der Waals surface area (Å²) in [5.74, 6) is -0.362.